The van der Waals surface area contributed by atoms with Gasteiger partial charge in [-0.3, -0.25) is 20.3 Å². The highest BCUT2D eigenvalue weighted by Crippen LogP contribution is 2.29. The van der Waals surface area contributed by atoms with E-state index in [1.54, 1.807) is 0 Å². The summed E-state index contributed by atoms with van der Waals surface area (Å²) in [5, 5.41) is 43.3. The first-order valence-corrected chi connectivity index (χ1v) is 10.5. The Kier molecular flexibility index (Phi) is 6.44. The minimum atomic E-state index is -4.35. The van der Waals surface area contributed by atoms with Gasteiger partial charge in [-0.1, -0.05) is 12.1 Å². The van der Waals surface area contributed by atoms with Crippen molar-refractivity contribution in [3.63, 3.8) is 0 Å². The zero-order valence-electron chi connectivity index (χ0n) is 16.5. The Labute approximate surface area is 186 Å². The SMILES string of the molecule is O=C(O)c1ccccc1NS(=O)(=O)c1ccc(N/N=C\c2ccc(O)c(O)c2)c([N+](=O)[O-])c1. The summed E-state index contributed by atoms with van der Waals surface area (Å²) in [5.74, 6) is -2.05. The van der Waals surface area contributed by atoms with E-state index >= 15 is 0 Å². The third-order valence-corrected chi connectivity index (χ3v) is 5.64. The molecule has 0 aliphatic carbocycles. The maximum Gasteiger partial charge on any atom is 0.337 e. The van der Waals surface area contributed by atoms with Crippen LogP contribution in [-0.4, -0.2) is 40.8 Å². The van der Waals surface area contributed by atoms with Crippen LogP contribution >= 0.6 is 0 Å². The monoisotopic (exact) mass is 472 g/mol. The summed E-state index contributed by atoms with van der Waals surface area (Å²) in [6.45, 7) is 0. The second kappa shape index (κ2) is 9.23. The highest BCUT2D eigenvalue weighted by molar-refractivity contribution is 7.92. The lowest BCUT2D eigenvalue weighted by molar-refractivity contribution is -0.384. The van der Waals surface area contributed by atoms with Crippen molar-refractivity contribution < 1.29 is 33.5 Å². The van der Waals surface area contributed by atoms with Crippen LogP contribution in [0.4, 0.5) is 17.1 Å². The number of nitrogens with zero attached hydrogens (tertiary/aromatic N) is 2. The summed E-state index contributed by atoms with van der Waals surface area (Å²) in [7, 11) is -4.35. The minimum Gasteiger partial charge on any atom is -0.504 e. The summed E-state index contributed by atoms with van der Waals surface area (Å²) < 4.78 is 27.5. The summed E-state index contributed by atoms with van der Waals surface area (Å²) in [6, 6.07) is 12.2. The lowest BCUT2D eigenvalue weighted by Gasteiger charge is -2.11. The molecule has 0 aromatic heterocycles. The number of anilines is 2. The lowest BCUT2D eigenvalue weighted by atomic mass is 10.2. The second-order valence-corrected chi connectivity index (χ2v) is 8.19. The molecule has 0 saturated heterocycles. The Morgan fingerprint density at radius 3 is 2.39 bits per heavy atom. The van der Waals surface area contributed by atoms with Crippen LogP contribution < -0.4 is 10.1 Å². The third kappa shape index (κ3) is 5.34. The van der Waals surface area contributed by atoms with E-state index in [0.29, 0.717) is 5.56 Å². The predicted octanol–water partition coefficient (Wildman–Crippen LogP) is 2.95. The number of sulfonamides is 1. The van der Waals surface area contributed by atoms with Gasteiger partial charge in [-0.15, -0.1) is 0 Å². The maximum absolute atomic E-state index is 12.7. The van der Waals surface area contributed by atoms with Crippen LogP contribution in [0.2, 0.25) is 0 Å². The Balaban J connectivity index is 1.87. The van der Waals surface area contributed by atoms with Crippen molar-refractivity contribution in [2.45, 2.75) is 4.90 Å². The van der Waals surface area contributed by atoms with E-state index in [2.05, 4.69) is 15.2 Å². The Morgan fingerprint density at radius 1 is 1.00 bits per heavy atom. The topological polar surface area (TPSA) is 191 Å². The van der Waals surface area contributed by atoms with Crippen LogP contribution in [0.15, 0.2) is 70.7 Å². The fraction of sp³-hybridized carbons (Fsp3) is 0. The van der Waals surface area contributed by atoms with E-state index in [-0.39, 0.29) is 28.4 Å². The van der Waals surface area contributed by atoms with Crippen molar-refractivity contribution in [1.29, 1.82) is 0 Å². The number of nitro benzene ring substituents is 1. The number of hydrazone groups is 1. The van der Waals surface area contributed by atoms with E-state index in [1.165, 1.54) is 48.7 Å². The molecule has 12 nitrogen and oxygen atoms in total. The molecule has 3 rings (SSSR count). The highest BCUT2D eigenvalue weighted by Gasteiger charge is 2.23. The third-order valence-electron chi connectivity index (χ3n) is 4.28. The van der Waals surface area contributed by atoms with Crippen LogP contribution in [0.5, 0.6) is 11.5 Å². The Hall–Kier alpha value is -4.65. The zero-order valence-corrected chi connectivity index (χ0v) is 17.4. The van der Waals surface area contributed by atoms with E-state index in [9.17, 15) is 38.6 Å². The first-order valence-electron chi connectivity index (χ1n) is 9.03. The van der Waals surface area contributed by atoms with Crippen LogP contribution in [0.1, 0.15) is 15.9 Å². The Morgan fingerprint density at radius 2 is 1.73 bits per heavy atom. The number of benzene rings is 3. The minimum absolute atomic E-state index is 0.121. The molecule has 5 N–H and O–H groups in total. The van der Waals surface area contributed by atoms with E-state index in [0.717, 1.165) is 18.2 Å². The molecular weight excluding hydrogens is 456 g/mol. The molecule has 0 saturated carbocycles. The zero-order chi connectivity index (χ0) is 24.2. The number of aromatic hydroxyl groups is 2. The number of phenols is 2. The highest BCUT2D eigenvalue weighted by atomic mass is 32.2. The molecule has 0 aliphatic rings. The average Bonchev–Trinajstić information content (AvgIpc) is 2.76. The van der Waals surface area contributed by atoms with Crippen LogP contribution in [0, 0.1) is 10.1 Å². The van der Waals surface area contributed by atoms with Crippen LogP contribution in [-0.2, 0) is 10.0 Å². The van der Waals surface area contributed by atoms with E-state index in [1.807, 2.05) is 0 Å². The first-order chi connectivity index (χ1) is 15.6. The van der Waals surface area contributed by atoms with Gasteiger partial charge >= 0.3 is 5.97 Å². The van der Waals surface area contributed by atoms with Crippen LogP contribution in [0.25, 0.3) is 0 Å². The number of carbonyl (C=O) groups is 1. The molecule has 0 spiro atoms. The average molecular weight is 472 g/mol. The van der Waals surface area contributed by atoms with Gasteiger partial charge in [0.15, 0.2) is 11.5 Å². The molecule has 0 bridgehead atoms. The number of phenolic OH excluding ortho intramolecular Hbond substituents is 2. The van der Waals surface area contributed by atoms with Gasteiger partial charge in [-0.2, -0.15) is 5.10 Å². The lowest BCUT2D eigenvalue weighted by Crippen LogP contribution is -2.16. The number of nitrogens with one attached hydrogen (secondary N) is 2. The quantitative estimate of drug-likeness (QED) is 0.142. The molecule has 170 valence electrons. The molecule has 0 atom stereocenters. The number of nitro groups is 1. The van der Waals surface area contributed by atoms with Gasteiger partial charge in [0, 0.05) is 6.07 Å². The summed E-state index contributed by atoms with van der Waals surface area (Å²) in [4.78, 5) is 21.5. The van der Waals surface area contributed by atoms with Crippen molar-refractivity contribution >= 4 is 39.3 Å². The molecule has 3 aromatic carbocycles. The number of hydrogen-bond donors (Lipinski definition) is 5. The number of aromatic carboxylic acids is 1. The van der Waals surface area contributed by atoms with Gasteiger partial charge in [0.1, 0.15) is 5.69 Å². The number of rotatable bonds is 8. The number of para-hydroxylation sites is 1. The molecular formula is C20H16N4O8S. The van der Waals surface area contributed by atoms with Gasteiger partial charge in [0.2, 0.25) is 0 Å². The maximum atomic E-state index is 12.7. The fourth-order valence-corrected chi connectivity index (χ4v) is 3.78. The van der Waals surface area contributed by atoms with Crippen molar-refractivity contribution in [2.24, 2.45) is 5.10 Å². The van der Waals surface area contributed by atoms with Gasteiger partial charge in [-0.05, 0) is 48.0 Å². The molecule has 0 fully saturated rings. The second-order valence-electron chi connectivity index (χ2n) is 6.51. The molecule has 33 heavy (non-hydrogen) atoms. The van der Waals surface area contributed by atoms with Gasteiger partial charge in [0.05, 0.1) is 27.3 Å². The largest absolute Gasteiger partial charge is 0.504 e. The van der Waals surface area contributed by atoms with Crippen molar-refractivity contribution in [2.75, 3.05) is 10.1 Å². The molecule has 3 aromatic rings. The van der Waals surface area contributed by atoms with Crippen LogP contribution in [0.3, 0.4) is 0 Å². The number of carboxylic acids is 1. The number of carboxylic acid groups (broad SMARTS) is 1. The normalized spacial score (nSPS) is 11.3. The van der Waals surface area contributed by atoms with E-state index in [4.69, 9.17) is 0 Å². The molecule has 0 aliphatic heterocycles. The molecule has 0 heterocycles. The summed E-state index contributed by atoms with van der Waals surface area (Å²) in [6.07, 6.45) is 1.22. The smallest absolute Gasteiger partial charge is 0.337 e. The van der Waals surface area contributed by atoms with Gasteiger partial charge in [0.25, 0.3) is 15.7 Å². The standard InChI is InChI=1S/C20H16N4O8S/c25-18-8-5-12(9-19(18)26)11-21-22-16-7-6-13(10-17(16)24(29)30)33(31,32)23-15-4-2-1-3-14(15)20(27)28/h1-11,22-23,25-26H,(H,27,28)/b21-11-. The Bertz CT molecular complexity index is 1370. The predicted molar refractivity (Wildman–Crippen MR) is 118 cm³/mol. The molecule has 0 radical (unpaired) electrons. The summed E-state index contributed by atoms with van der Waals surface area (Å²) in [5.41, 5.74) is 1.59. The van der Waals surface area contributed by atoms with Crippen molar-refractivity contribution in [1.82, 2.24) is 0 Å². The van der Waals surface area contributed by atoms with Crippen molar-refractivity contribution in [3.8, 4) is 11.5 Å². The van der Waals surface area contributed by atoms with E-state index < -0.39 is 31.5 Å². The molecule has 0 unspecified atom stereocenters. The van der Waals surface area contributed by atoms with Gasteiger partial charge in [-0.25, -0.2) is 13.2 Å². The van der Waals surface area contributed by atoms with Crippen molar-refractivity contribution in [3.05, 3.63) is 81.9 Å². The number of hydrogen-bond acceptors (Lipinski definition) is 9. The first kappa shape index (κ1) is 23.0. The summed E-state index contributed by atoms with van der Waals surface area (Å²) >= 11 is 0. The van der Waals surface area contributed by atoms with Gasteiger partial charge < -0.3 is 15.3 Å². The molecule has 0 amide bonds. The fourth-order valence-electron chi connectivity index (χ4n) is 2.68. The molecule has 13 heteroatoms.